The molecule has 6 nitrogen and oxygen atoms in total. The fraction of sp³-hybridized carbons (Fsp3) is 0.133. The van der Waals surface area contributed by atoms with E-state index in [-0.39, 0.29) is 21.9 Å². The Morgan fingerprint density at radius 2 is 2.08 bits per heavy atom. The van der Waals surface area contributed by atoms with Crippen molar-refractivity contribution in [2.45, 2.75) is 16.1 Å². The van der Waals surface area contributed by atoms with Gasteiger partial charge in [0.2, 0.25) is 0 Å². The molecule has 9 heteroatoms. The van der Waals surface area contributed by atoms with E-state index in [1.807, 2.05) is 15.4 Å². The van der Waals surface area contributed by atoms with Gasteiger partial charge >= 0.3 is 0 Å². The van der Waals surface area contributed by atoms with Crippen LogP contribution in [0.2, 0.25) is 0 Å². The van der Waals surface area contributed by atoms with Crippen LogP contribution in [0.15, 0.2) is 52.5 Å². The van der Waals surface area contributed by atoms with Crippen LogP contribution in [-0.4, -0.2) is 21.2 Å². The molecule has 122 valence electrons. The van der Waals surface area contributed by atoms with Crippen LogP contribution in [0.3, 0.4) is 0 Å². The molecular weight excluding hydrogens is 351 g/mol. The van der Waals surface area contributed by atoms with Crippen molar-refractivity contribution < 1.29 is 9.31 Å². The van der Waals surface area contributed by atoms with Gasteiger partial charge in [0.15, 0.2) is 5.50 Å². The smallest absolute Gasteiger partial charge is 0.285 e. The first-order valence-electron chi connectivity index (χ1n) is 7.06. The first kappa shape index (κ1) is 15.3. The molecule has 4 rings (SSSR count). The van der Waals surface area contributed by atoms with Crippen molar-refractivity contribution in [3.05, 3.63) is 64.0 Å². The molecule has 2 heterocycles. The average Bonchev–Trinajstić information content (AvgIpc) is 3.13. The number of hydrazone groups is 1. The number of nitro benzene ring substituents is 1. The van der Waals surface area contributed by atoms with Gasteiger partial charge < -0.3 is 0 Å². The van der Waals surface area contributed by atoms with Crippen molar-refractivity contribution in [3.63, 3.8) is 0 Å². The van der Waals surface area contributed by atoms with Crippen LogP contribution >= 0.6 is 23.7 Å². The summed E-state index contributed by atoms with van der Waals surface area (Å²) in [6, 6.07) is 11.4. The van der Waals surface area contributed by atoms with Crippen LogP contribution in [0.1, 0.15) is 5.56 Å². The normalized spacial score (nSPS) is 18.0. The Morgan fingerprint density at radius 3 is 2.83 bits per heavy atom. The Kier molecular flexibility index (Phi) is 3.81. The Labute approximate surface area is 145 Å². The number of nitrogens with zero attached hydrogens (tertiary/aromatic N) is 4. The quantitative estimate of drug-likeness (QED) is 0.465. The van der Waals surface area contributed by atoms with Crippen LogP contribution in [0, 0.1) is 15.9 Å². The van der Waals surface area contributed by atoms with E-state index in [0.29, 0.717) is 10.6 Å². The highest BCUT2D eigenvalue weighted by Gasteiger charge is 2.41. The number of nitro groups is 1. The highest BCUT2D eigenvalue weighted by atomic mass is 32.2. The lowest BCUT2D eigenvalue weighted by molar-refractivity contribution is -0.387. The van der Waals surface area contributed by atoms with Gasteiger partial charge in [-0.2, -0.15) is 5.10 Å². The fourth-order valence-electron chi connectivity index (χ4n) is 2.51. The molecule has 0 amide bonds. The Morgan fingerprint density at radius 1 is 1.29 bits per heavy atom. The molecule has 0 bridgehead atoms. The van der Waals surface area contributed by atoms with E-state index < -0.39 is 0 Å². The number of hydrogen-bond donors (Lipinski definition) is 0. The summed E-state index contributed by atoms with van der Waals surface area (Å²) in [6.07, 6.45) is 1.69. The lowest BCUT2D eigenvalue weighted by Crippen LogP contribution is -2.30. The number of fused-ring (bicyclic) bond motifs is 3. The van der Waals surface area contributed by atoms with Gasteiger partial charge in [0.05, 0.1) is 10.6 Å². The summed E-state index contributed by atoms with van der Waals surface area (Å²) >= 11 is 2.90. The number of halogens is 1. The second-order valence-corrected chi connectivity index (χ2v) is 7.15. The predicted molar refractivity (Wildman–Crippen MR) is 93.2 cm³/mol. The van der Waals surface area contributed by atoms with Crippen molar-refractivity contribution in [1.29, 1.82) is 0 Å². The SMILES string of the molecule is O=[N+]([O-])c1cccc2c1SC1N(SCc3ccc(F)cc3)N=CN21. The number of thioether (sulfide) groups is 1. The zero-order valence-corrected chi connectivity index (χ0v) is 13.8. The van der Waals surface area contributed by atoms with E-state index in [2.05, 4.69) is 5.10 Å². The van der Waals surface area contributed by atoms with Gasteiger partial charge in [0.1, 0.15) is 17.1 Å². The van der Waals surface area contributed by atoms with Gasteiger partial charge in [-0.05, 0) is 35.7 Å². The number of benzene rings is 2. The zero-order valence-electron chi connectivity index (χ0n) is 12.2. The Hall–Kier alpha value is -2.26. The summed E-state index contributed by atoms with van der Waals surface area (Å²) in [6.45, 7) is 0. The van der Waals surface area contributed by atoms with E-state index >= 15 is 0 Å². The van der Waals surface area contributed by atoms with Crippen LogP contribution in [0.4, 0.5) is 15.8 Å². The Balaban J connectivity index is 1.50. The van der Waals surface area contributed by atoms with E-state index in [1.165, 1.54) is 41.9 Å². The molecule has 2 aliphatic heterocycles. The minimum absolute atomic E-state index is 0.115. The number of anilines is 1. The average molecular weight is 362 g/mol. The van der Waals surface area contributed by atoms with Crippen molar-refractivity contribution >= 4 is 41.4 Å². The highest BCUT2D eigenvalue weighted by Crippen LogP contribution is 2.51. The van der Waals surface area contributed by atoms with Gasteiger partial charge in [-0.3, -0.25) is 15.0 Å². The second-order valence-electron chi connectivity index (χ2n) is 5.17. The third-order valence-corrected chi connectivity index (χ3v) is 6.11. The molecule has 0 spiro atoms. The molecular formula is C15H11FN4O2S2. The van der Waals surface area contributed by atoms with E-state index in [1.54, 1.807) is 24.5 Å². The summed E-state index contributed by atoms with van der Waals surface area (Å²) in [7, 11) is 0. The first-order chi connectivity index (χ1) is 11.6. The molecule has 0 radical (unpaired) electrons. The van der Waals surface area contributed by atoms with Gasteiger partial charge in [-0.25, -0.2) is 8.80 Å². The van der Waals surface area contributed by atoms with E-state index in [4.69, 9.17) is 0 Å². The van der Waals surface area contributed by atoms with Crippen LogP contribution in [-0.2, 0) is 5.75 Å². The molecule has 2 aromatic rings. The Bertz CT molecular complexity index is 831. The molecule has 24 heavy (non-hydrogen) atoms. The molecule has 0 saturated heterocycles. The van der Waals surface area contributed by atoms with Crippen molar-refractivity contribution in [1.82, 2.24) is 4.41 Å². The molecule has 0 N–H and O–H groups in total. The number of rotatable bonds is 4. The summed E-state index contributed by atoms with van der Waals surface area (Å²) in [5.41, 5.74) is 1.75. The second kappa shape index (κ2) is 5.99. The summed E-state index contributed by atoms with van der Waals surface area (Å²) in [5, 5.41) is 15.5. The molecule has 0 saturated carbocycles. The van der Waals surface area contributed by atoms with Gasteiger partial charge in [-0.15, -0.1) is 0 Å². The van der Waals surface area contributed by atoms with Gasteiger partial charge in [0, 0.05) is 11.8 Å². The van der Waals surface area contributed by atoms with Crippen molar-refractivity contribution in [2.24, 2.45) is 5.10 Å². The van der Waals surface area contributed by atoms with Gasteiger partial charge in [0.25, 0.3) is 5.69 Å². The summed E-state index contributed by atoms with van der Waals surface area (Å²) in [5.74, 6) is 0.379. The van der Waals surface area contributed by atoms with E-state index in [9.17, 15) is 14.5 Å². The standard InChI is InChI=1S/C15H11FN4O2S2/c16-11-6-4-10(5-7-11)8-23-19-15-18(9-17-19)12-2-1-3-13(20(21)22)14(12)24-15/h1-7,9,15H,8H2. The molecule has 2 aliphatic rings. The minimum Gasteiger partial charge on any atom is -0.297 e. The maximum absolute atomic E-state index is 13.0. The van der Waals surface area contributed by atoms with Crippen molar-refractivity contribution in [3.8, 4) is 0 Å². The maximum atomic E-state index is 13.0. The predicted octanol–water partition coefficient (Wildman–Crippen LogP) is 4.04. The van der Waals surface area contributed by atoms with Gasteiger partial charge in [-0.1, -0.05) is 30.0 Å². The fourth-order valence-corrected chi connectivity index (χ4v) is 4.83. The van der Waals surface area contributed by atoms with Crippen LogP contribution < -0.4 is 4.90 Å². The lowest BCUT2D eigenvalue weighted by atomic mass is 10.2. The minimum atomic E-state index is -0.360. The largest absolute Gasteiger partial charge is 0.297 e. The first-order valence-corrected chi connectivity index (χ1v) is 8.89. The molecule has 0 aliphatic carbocycles. The number of hydrogen-bond acceptors (Lipinski definition) is 7. The van der Waals surface area contributed by atoms with Crippen LogP contribution in [0.5, 0.6) is 0 Å². The van der Waals surface area contributed by atoms with E-state index in [0.717, 1.165) is 11.3 Å². The summed E-state index contributed by atoms with van der Waals surface area (Å²) < 4.78 is 14.8. The highest BCUT2D eigenvalue weighted by molar-refractivity contribution is 8.02. The molecule has 0 aromatic heterocycles. The maximum Gasteiger partial charge on any atom is 0.285 e. The van der Waals surface area contributed by atoms with Crippen molar-refractivity contribution in [2.75, 3.05) is 4.90 Å². The molecule has 1 unspecified atom stereocenters. The molecule has 0 fully saturated rings. The lowest BCUT2D eigenvalue weighted by Gasteiger charge is -2.22. The molecule has 2 aromatic carbocycles. The topological polar surface area (TPSA) is 62.0 Å². The monoisotopic (exact) mass is 362 g/mol. The third kappa shape index (κ3) is 2.59. The zero-order chi connectivity index (χ0) is 16.7. The molecule has 1 atom stereocenters. The summed E-state index contributed by atoms with van der Waals surface area (Å²) in [4.78, 5) is 13.4. The third-order valence-electron chi connectivity index (χ3n) is 3.67. The van der Waals surface area contributed by atoms with Crippen LogP contribution in [0.25, 0.3) is 0 Å².